The number of nitrogens with zero attached hydrogens (tertiary/aromatic N) is 4. The van der Waals surface area contributed by atoms with Crippen LogP contribution in [0, 0.1) is 17.2 Å². The summed E-state index contributed by atoms with van der Waals surface area (Å²) >= 11 is 12.9. The predicted molar refractivity (Wildman–Crippen MR) is 108 cm³/mol. The minimum absolute atomic E-state index is 0.0232. The first kappa shape index (κ1) is 19.9. The zero-order valence-corrected chi connectivity index (χ0v) is 16.9. The lowest BCUT2D eigenvalue weighted by atomic mass is 10.0. The molecule has 2 aromatic heterocycles. The third kappa shape index (κ3) is 3.49. The van der Waals surface area contributed by atoms with E-state index in [1.54, 1.807) is 18.2 Å². The highest BCUT2D eigenvalue weighted by atomic mass is 35.5. The molecule has 0 spiro atoms. The predicted octanol–water partition coefficient (Wildman–Crippen LogP) is 4.73. The number of benzene rings is 1. The molecule has 0 amide bonds. The Balaban J connectivity index is 2.34. The Morgan fingerprint density at radius 3 is 2.61 bits per heavy atom. The standard InChI is InChI=1S/C19H17Cl2N5O2/c1-9(2)10(3)24-18-15(12-5-4-11(7-22)6-14(12)20)16(21)25-17-13(19(27)28)8-23-26(17)18/h4-6,8-10,24H,1-3H3,(H,27,28)/t10-/m0/s1. The van der Waals surface area contributed by atoms with E-state index in [0.717, 1.165) is 0 Å². The number of aromatic carboxylic acids is 1. The number of carboxylic acids is 1. The van der Waals surface area contributed by atoms with Gasteiger partial charge in [-0.15, -0.1) is 0 Å². The maximum Gasteiger partial charge on any atom is 0.341 e. The van der Waals surface area contributed by atoms with E-state index in [9.17, 15) is 9.90 Å². The van der Waals surface area contributed by atoms with Crippen LogP contribution in [-0.4, -0.2) is 31.7 Å². The first-order chi connectivity index (χ1) is 13.2. The van der Waals surface area contributed by atoms with E-state index in [1.807, 2.05) is 13.0 Å². The fourth-order valence-electron chi connectivity index (χ4n) is 2.66. The molecule has 0 fully saturated rings. The van der Waals surface area contributed by atoms with Crippen molar-refractivity contribution in [1.29, 1.82) is 5.26 Å². The average Bonchev–Trinajstić information content (AvgIpc) is 3.06. The molecule has 3 rings (SSSR count). The molecule has 9 heteroatoms. The van der Waals surface area contributed by atoms with Crippen LogP contribution in [0.5, 0.6) is 0 Å². The molecule has 28 heavy (non-hydrogen) atoms. The van der Waals surface area contributed by atoms with Gasteiger partial charge in [-0.25, -0.2) is 9.78 Å². The SMILES string of the molecule is CC(C)[C@H](C)Nc1c(-c2ccc(C#N)cc2Cl)c(Cl)nc2c(C(=O)O)cnn12. The molecule has 0 saturated heterocycles. The number of hydrogen-bond donors (Lipinski definition) is 2. The van der Waals surface area contributed by atoms with Gasteiger partial charge in [0, 0.05) is 16.6 Å². The van der Waals surface area contributed by atoms with Gasteiger partial charge in [0.2, 0.25) is 0 Å². The van der Waals surface area contributed by atoms with Gasteiger partial charge in [0.1, 0.15) is 16.5 Å². The van der Waals surface area contributed by atoms with E-state index in [2.05, 4.69) is 29.2 Å². The van der Waals surface area contributed by atoms with Crippen molar-refractivity contribution in [3.63, 3.8) is 0 Å². The van der Waals surface area contributed by atoms with Crippen LogP contribution in [0.2, 0.25) is 10.2 Å². The molecular formula is C19H17Cl2N5O2. The third-order valence-corrected chi connectivity index (χ3v) is 5.15. The van der Waals surface area contributed by atoms with Crippen molar-refractivity contribution in [2.75, 3.05) is 5.32 Å². The number of fused-ring (bicyclic) bond motifs is 1. The van der Waals surface area contributed by atoms with Gasteiger partial charge < -0.3 is 10.4 Å². The van der Waals surface area contributed by atoms with Gasteiger partial charge in [0.15, 0.2) is 5.65 Å². The van der Waals surface area contributed by atoms with Gasteiger partial charge in [0.05, 0.1) is 23.4 Å². The first-order valence-corrected chi connectivity index (χ1v) is 9.27. The van der Waals surface area contributed by atoms with E-state index in [-0.39, 0.29) is 28.3 Å². The summed E-state index contributed by atoms with van der Waals surface area (Å²) in [6.07, 6.45) is 1.23. The molecule has 7 nitrogen and oxygen atoms in total. The van der Waals surface area contributed by atoms with E-state index in [4.69, 9.17) is 28.5 Å². The van der Waals surface area contributed by atoms with E-state index in [0.29, 0.717) is 27.5 Å². The van der Waals surface area contributed by atoms with Crippen molar-refractivity contribution in [3.8, 4) is 17.2 Å². The highest BCUT2D eigenvalue weighted by Crippen LogP contribution is 2.39. The molecule has 2 N–H and O–H groups in total. The van der Waals surface area contributed by atoms with Crippen LogP contribution in [0.15, 0.2) is 24.4 Å². The lowest BCUT2D eigenvalue weighted by Crippen LogP contribution is -2.24. The fraction of sp³-hybridized carbons (Fsp3) is 0.263. The van der Waals surface area contributed by atoms with Crippen molar-refractivity contribution in [1.82, 2.24) is 14.6 Å². The number of nitriles is 1. The molecular weight excluding hydrogens is 401 g/mol. The molecule has 0 radical (unpaired) electrons. The highest BCUT2D eigenvalue weighted by Gasteiger charge is 2.24. The Morgan fingerprint density at radius 1 is 1.32 bits per heavy atom. The van der Waals surface area contributed by atoms with Crippen LogP contribution in [0.3, 0.4) is 0 Å². The van der Waals surface area contributed by atoms with Crippen molar-refractivity contribution in [3.05, 3.63) is 45.7 Å². The lowest BCUT2D eigenvalue weighted by molar-refractivity contribution is 0.0699. The third-order valence-electron chi connectivity index (χ3n) is 4.57. The number of anilines is 1. The summed E-state index contributed by atoms with van der Waals surface area (Å²) < 4.78 is 1.41. The van der Waals surface area contributed by atoms with Gasteiger partial charge in [-0.2, -0.15) is 14.9 Å². The summed E-state index contributed by atoms with van der Waals surface area (Å²) in [5, 5.41) is 26.5. The van der Waals surface area contributed by atoms with Crippen molar-refractivity contribution < 1.29 is 9.90 Å². The van der Waals surface area contributed by atoms with Gasteiger partial charge in [-0.1, -0.05) is 43.1 Å². The second-order valence-corrected chi connectivity index (χ2v) is 7.47. The number of rotatable bonds is 5. The molecule has 0 aliphatic carbocycles. The van der Waals surface area contributed by atoms with Crippen LogP contribution in [0.4, 0.5) is 5.82 Å². The van der Waals surface area contributed by atoms with Crippen molar-refractivity contribution in [2.24, 2.45) is 5.92 Å². The normalized spacial score (nSPS) is 12.2. The van der Waals surface area contributed by atoms with Crippen LogP contribution in [0.1, 0.15) is 36.7 Å². The summed E-state index contributed by atoms with van der Waals surface area (Å²) in [5.74, 6) is -0.387. The quantitative estimate of drug-likeness (QED) is 0.581. The van der Waals surface area contributed by atoms with Gasteiger partial charge in [-0.3, -0.25) is 0 Å². The number of halogens is 2. The Labute approximate surface area is 171 Å². The molecule has 0 saturated carbocycles. The highest BCUT2D eigenvalue weighted by molar-refractivity contribution is 6.36. The number of hydrogen-bond acceptors (Lipinski definition) is 5. The summed E-state index contributed by atoms with van der Waals surface area (Å²) in [6.45, 7) is 6.10. The van der Waals surface area contributed by atoms with Crippen molar-refractivity contribution in [2.45, 2.75) is 26.8 Å². The Hall–Kier alpha value is -2.82. The molecule has 0 unspecified atom stereocenters. The molecule has 144 valence electrons. The van der Waals surface area contributed by atoms with Crippen LogP contribution < -0.4 is 5.32 Å². The molecule has 0 aliphatic heterocycles. The summed E-state index contributed by atoms with van der Waals surface area (Å²) in [7, 11) is 0. The molecule has 0 bridgehead atoms. The first-order valence-electron chi connectivity index (χ1n) is 8.51. The fourth-order valence-corrected chi connectivity index (χ4v) is 3.20. The molecule has 3 aromatic rings. The van der Waals surface area contributed by atoms with E-state index in [1.165, 1.54) is 10.7 Å². The van der Waals surface area contributed by atoms with Gasteiger partial charge in [0.25, 0.3) is 0 Å². The Bertz CT molecular complexity index is 1120. The van der Waals surface area contributed by atoms with E-state index < -0.39 is 5.97 Å². The number of carbonyl (C=O) groups is 1. The maximum absolute atomic E-state index is 11.5. The number of nitrogens with one attached hydrogen (secondary N) is 1. The Kier molecular flexibility index (Phi) is 5.45. The van der Waals surface area contributed by atoms with E-state index >= 15 is 0 Å². The van der Waals surface area contributed by atoms with Gasteiger partial charge in [-0.05, 0) is 25.0 Å². The second-order valence-electron chi connectivity index (χ2n) is 6.71. The second kappa shape index (κ2) is 7.66. The molecule has 0 aliphatic rings. The monoisotopic (exact) mass is 417 g/mol. The number of aromatic nitrogens is 3. The van der Waals surface area contributed by atoms with Crippen molar-refractivity contribution >= 4 is 40.6 Å². The summed E-state index contributed by atoms with van der Waals surface area (Å²) in [5.41, 5.74) is 1.53. The minimum Gasteiger partial charge on any atom is -0.477 e. The molecule has 1 aromatic carbocycles. The topological polar surface area (TPSA) is 103 Å². The van der Waals surface area contributed by atoms with Crippen LogP contribution in [-0.2, 0) is 0 Å². The summed E-state index contributed by atoms with van der Waals surface area (Å²) in [4.78, 5) is 15.8. The molecule has 2 heterocycles. The smallest absolute Gasteiger partial charge is 0.341 e. The largest absolute Gasteiger partial charge is 0.477 e. The zero-order chi connectivity index (χ0) is 20.6. The zero-order valence-electron chi connectivity index (χ0n) is 15.4. The Morgan fingerprint density at radius 2 is 2.04 bits per heavy atom. The summed E-state index contributed by atoms with van der Waals surface area (Å²) in [6, 6.07) is 6.91. The van der Waals surface area contributed by atoms with Crippen LogP contribution >= 0.6 is 23.2 Å². The lowest BCUT2D eigenvalue weighted by Gasteiger charge is -2.22. The average molecular weight is 418 g/mol. The van der Waals surface area contributed by atoms with Gasteiger partial charge >= 0.3 is 5.97 Å². The maximum atomic E-state index is 11.5. The molecule has 1 atom stereocenters. The minimum atomic E-state index is -1.15. The number of carboxylic acid groups (broad SMARTS) is 1. The van der Waals surface area contributed by atoms with Crippen LogP contribution in [0.25, 0.3) is 16.8 Å².